The summed E-state index contributed by atoms with van der Waals surface area (Å²) in [6.07, 6.45) is 4.68. The Morgan fingerprint density at radius 1 is 1.32 bits per heavy atom. The van der Waals surface area contributed by atoms with Gasteiger partial charge in [-0.2, -0.15) is 0 Å². The predicted octanol–water partition coefficient (Wildman–Crippen LogP) is 1.56. The minimum atomic E-state index is -0.306. The summed E-state index contributed by atoms with van der Waals surface area (Å²) >= 11 is 0. The van der Waals surface area contributed by atoms with E-state index in [4.69, 9.17) is 0 Å². The highest BCUT2D eigenvalue weighted by atomic mass is 19.1. The van der Waals surface area contributed by atoms with Gasteiger partial charge in [-0.3, -0.25) is 0 Å². The van der Waals surface area contributed by atoms with Crippen molar-refractivity contribution in [3.63, 3.8) is 0 Å². The molecule has 2 amide bonds. The van der Waals surface area contributed by atoms with Crippen LogP contribution in [0.2, 0.25) is 0 Å². The Labute approximate surface area is 129 Å². The van der Waals surface area contributed by atoms with Crippen LogP contribution in [0.4, 0.5) is 15.0 Å². The zero-order valence-electron chi connectivity index (χ0n) is 12.9. The van der Waals surface area contributed by atoms with E-state index in [0.29, 0.717) is 31.0 Å². The average Bonchev–Trinajstić information content (AvgIpc) is 2.56. The number of rotatable bonds is 3. The lowest BCUT2D eigenvalue weighted by Gasteiger charge is -2.40. The minimum absolute atomic E-state index is 0.0335. The maximum atomic E-state index is 14.3. The molecular formula is C15H22FN5O. The van der Waals surface area contributed by atoms with Gasteiger partial charge in [0.05, 0.1) is 5.69 Å². The average molecular weight is 307 g/mol. The number of amides is 2. The second kappa shape index (κ2) is 6.46. The number of aromatic nitrogens is 2. The summed E-state index contributed by atoms with van der Waals surface area (Å²) in [5.74, 6) is 0.0903. The van der Waals surface area contributed by atoms with Crippen LogP contribution in [-0.2, 0) is 6.42 Å². The van der Waals surface area contributed by atoms with Crippen LogP contribution >= 0.6 is 0 Å². The van der Waals surface area contributed by atoms with Gasteiger partial charge in [-0.25, -0.2) is 19.2 Å². The van der Waals surface area contributed by atoms with Crippen molar-refractivity contribution in [3.8, 4) is 0 Å². The smallest absolute Gasteiger partial charge is 0.317 e. The van der Waals surface area contributed by atoms with Gasteiger partial charge < -0.3 is 15.1 Å². The van der Waals surface area contributed by atoms with E-state index in [1.165, 1.54) is 6.33 Å². The number of carbonyl (C=O) groups is 1. The molecule has 2 aliphatic rings. The minimum Gasteiger partial charge on any atom is -0.354 e. The molecule has 7 heteroatoms. The number of hydrogen-bond donors (Lipinski definition) is 1. The topological polar surface area (TPSA) is 61.4 Å². The summed E-state index contributed by atoms with van der Waals surface area (Å²) in [7, 11) is 0. The molecule has 6 nitrogen and oxygen atoms in total. The molecule has 2 aliphatic heterocycles. The molecule has 0 aliphatic carbocycles. The molecule has 0 saturated carbocycles. The SMILES string of the molecule is CCc1ncnc(N2CCC(N3CCCNC3=O)CC2)c1F. The lowest BCUT2D eigenvalue weighted by atomic mass is 10.0. The molecule has 2 fully saturated rings. The van der Waals surface area contributed by atoms with Crippen molar-refractivity contribution in [2.75, 3.05) is 31.1 Å². The number of hydrogen-bond acceptors (Lipinski definition) is 4. The fourth-order valence-electron chi connectivity index (χ4n) is 3.25. The van der Waals surface area contributed by atoms with Crippen LogP contribution in [0, 0.1) is 5.82 Å². The van der Waals surface area contributed by atoms with Gasteiger partial charge in [-0.05, 0) is 25.7 Å². The Morgan fingerprint density at radius 2 is 2.09 bits per heavy atom. The highest BCUT2D eigenvalue weighted by Crippen LogP contribution is 2.25. The van der Waals surface area contributed by atoms with E-state index in [1.807, 2.05) is 16.7 Å². The van der Waals surface area contributed by atoms with Crippen molar-refractivity contribution in [1.82, 2.24) is 20.2 Å². The maximum Gasteiger partial charge on any atom is 0.317 e. The number of aryl methyl sites for hydroxylation is 1. The number of piperidine rings is 1. The Kier molecular flexibility index (Phi) is 4.40. The Morgan fingerprint density at radius 3 is 2.77 bits per heavy atom. The van der Waals surface area contributed by atoms with Crippen LogP contribution in [0.25, 0.3) is 0 Å². The van der Waals surface area contributed by atoms with Crippen molar-refractivity contribution < 1.29 is 9.18 Å². The summed E-state index contributed by atoms with van der Waals surface area (Å²) in [4.78, 5) is 23.9. The molecule has 1 aromatic heterocycles. The molecule has 0 unspecified atom stereocenters. The molecular weight excluding hydrogens is 285 g/mol. The van der Waals surface area contributed by atoms with Gasteiger partial charge in [-0.15, -0.1) is 0 Å². The molecule has 3 rings (SSSR count). The first-order valence-electron chi connectivity index (χ1n) is 7.99. The highest BCUT2D eigenvalue weighted by molar-refractivity contribution is 5.75. The first-order chi connectivity index (χ1) is 10.7. The molecule has 0 aromatic carbocycles. The van der Waals surface area contributed by atoms with Gasteiger partial charge in [0, 0.05) is 32.2 Å². The maximum absolute atomic E-state index is 14.3. The fraction of sp³-hybridized carbons (Fsp3) is 0.667. The molecule has 0 atom stereocenters. The van der Waals surface area contributed by atoms with Crippen molar-refractivity contribution in [2.24, 2.45) is 0 Å². The lowest BCUT2D eigenvalue weighted by Crippen LogP contribution is -2.54. The molecule has 0 radical (unpaired) electrons. The number of carbonyl (C=O) groups excluding carboxylic acids is 1. The molecule has 22 heavy (non-hydrogen) atoms. The first kappa shape index (κ1) is 15.0. The number of nitrogens with zero attached hydrogens (tertiary/aromatic N) is 4. The van der Waals surface area contributed by atoms with E-state index in [1.54, 1.807) is 0 Å². The third-order valence-electron chi connectivity index (χ3n) is 4.50. The van der Waals surface area contributed by atoms with Crippen LogP contribution < -0.4 is 10.2 Å². The largest absolute Gasteiger partial charge is 0.354 e. The third kappa shape index (κ3) is 2.84. The molecule has 1 aromatic rings. The molecule has 0 bridgehead atoms. The van der Waals surface area contributed by atoms with Gasteiger partial charge in [0.1, 0.15) is 6.33 Å². The lowest BCUT2D eigenvalue weighted by molar-refractivity contribution is 0.149. The van der Waals surface area contributed by atoms with E-state index in [9.17, 15) is 9.18 Å². The van der Waals surface area contributed by atoms with Crippen LogP contribution in [0.3, 0.4) is 0 Å². The number of urea groups is 1. The van der Waals surface area contributed by atoms with Gasteiger partial charge in [0.2, 0.25) is 0 Å². The Balaban J connectivity index is 1.65. The monoisotopic (exact) mass is 307 g/mol. The second-order valence-electron chi connectivity index (χ2n) is 5.81. The molecule has 1 N–H and O–H groups in total. The second-order valence-corrected chi connectivity index (χ2v) is 5.81. The van der Waals surface area contributed by atoms with Crippen LogP contribution in [0.1, 0.15) is 31.9 Å². The van der Waals surface area contributed by atoms with Gasteiger partial charge in [-0.1, -0.05) is 6.92 Å². The molecule has 2 saturated heterocycles. The molecule has 0 spiro atoms. The zero-order valence-corrected chi connectivity index (χ0v) is 12.9. The van der Waals surface area contributed by atoms with Gasteiger partial charge in [0.15, 0.2) is 11.6 Å². The summed E-state index contributed by atoms with van der Waals surface area (Å²) in [5, 5.41) is 2.89. The van der Waals surface area contributed by atoms with Crippen LogP contribution in [0.5, 0.6) is 0 Å². The van der Waals surface area contributed by atoms with Gasteiger partial charge >= 0.3 is 6.03 Å². The summed E-state index contributed by atoms with van der Waals surface area (Å²) in [5.41, 5.74) is 0.461. The summed E-state index contributed by atoms with van der Waals surface area (Å²) < 4.78 is 14.3. The van der Waals surface area contributed by atoms with Crippen molar-refractivity contribution in [1.29, 1.82) is 0 Å². The van der Waals surface area contributed by atoms with Crippen LogP contribution in [-0.4, -0.2) is 53.1 Å². The van der Waals surface area contributed by atoms with Crippen molar-refractivity contribution in [2.45, 2.75) is 38.6 Å². The first-order valence-corrected chi connectivity index (χ1v) is 7.99. The van der Waals surface area contributed by atoms with E-state index >= 15 is 0 Å². The van der Waals surface area contributed by atoms with E-state index in [0.717, 1.165) is 32.4 Å². The molecule has 3 heterocycles. The van der Waals surface area contributed by atoms with Crippen molar-refractivity contribution in [3.05, 3.63) is 17.8 Å². The third-order valence-corrected chi connectivity index (χ3v) is 4.50. The number of anilines is 1. The molecule has 120 valence electrons. The zero-order chi connectivity index (χ0) is 15.5. The van der Waals surface area contributed by atoms with Crippen molar-refractivity contribution >= 4 is 11.8 Å². The van der Waals surface area contributed by atoms with E-state index in [-0.39, 0.29) is 17.9 Å². The highest BCUT2D eigenvalue weighted by Gasteiger charge is 2.30. The summed E-state index contributed by atoms with van der Waals surface area (Å²) in [6, 6.07) is 0.276. The quantitative estimate of drug-likeness (QED) is 0.920. The number of nitrogens with one attached hydrogen (secondary N) is 1. The van der Waals surface area contributed by atoms with E-state index < -0.39 is 0 Å². The summed E-state index contributed by atoms with van der Waals surface area (Å²) in [6.45, 7) is 4.89. The van der Waals surface area contributed by atoms with Gasteiger partial charge in [0.25, 0.3) is 0 Å². The number of halogens is 1. The van der Waals surface area contributed by atoms with E-state index in [2.05, 4.69) is 15.3 Å². The standard InChI is InChI=1S/C15H22FN5O/c1-2-12-13(16)14(19-10-18-12)20-8-4-11(5-9-20)21-7-3-6-17-15(21)22/h10-11H,2-9H2,1H3,(H,17,22). The Hall–Kier alpha value is -1.92. The predicted molar refractivity (Wildman–Crippen MR) is 81.3 cm³/mol. The Bertz CT molecular complexity index is 545. The van der Waals surface area contributed by atoms with Crippen LogP contribution in [0.15, 0.2) is 6.33 Å². The normalized spacial score (nSPS) is 20.2. The fourth-order valence-corrected chi connectivity index (χ4v) is 3.25.